The first-order valence-corrected chi connectivity index (χ1v) is 6.17. The van der Waals surface area contributed by atoms with Crippen LogP contribution < -0.4 is 21.3 Å². The molecule has 1 aromatic rings. The second kappa shape index (κ2) is 5.37. The smallest absolute Gasteiger partial charge is 0.210 e. The van der Waals surface area contributed by atoms with Crippen LogP contribution in [-0.4, -0.2) is 19.1 Å². The minimum atomic E-state index is 0.412. The normalized spacial score (nSPS) is 15.6. The summed E-state index contributed by atoms with van der Waals surface area (Å²) in [7, 11) is 1.63. The molecule has 0 aromatic heterocycles. The standard InChI is InChI=1S/C11H15BrN4O/c1-17-10-5-4-8(6-9(10)12)15-11(16-13)14-7-2-3-7/h4-7H,2-3,13H2,1H3,(H2,14,15,16). The third-order valence-electron chi connectivity index (χ3n) is 2.41. The van der Waals surface area contributed by atoms with Crippen molar-refractivity contribution >= 4 is 27.6 Å². The van der Waals surface area contributed by atoms with E-state index in [4.69, 9.17) is 10.6 Å². The van der Waals surface area contributed by atoms with Gasteiger partial charge in [-0.05, 0) is 47.0 Å². The molecular weight excluding hydrogens is 284 g/mol. The number of hydrogen-bond donors (Lipinski definition) is 3. The number of nitrogens with one attached hydrogen (secondary N) is 2. The summed E-state index contributed by atoms with van der Waals surface area (Å²) in [5.74, 6) is 6.79. The lowest BCUT2D eigenvalue weighted by molar-refractivity contribution is 0.412. The highest BCUT2D eigenvalue weighted by atomic mass is 79.9. The second-order valence-corrected chi connectivity index (χ2v) is 4.68. The third-order valence-corrected chi connectivity index (χ3v) is 3.03. The lowest BCUT2D eigenvalue weighted by Gasteiger charge is -2.10. The molecule has 6 heteroatoms. The minimum absolute atomic E-state index is 0.412. The molecule has 0 spiro atoms. The van der Waals surface area contributed by atoms with E-state index in [1.165, 1.54) is 0 Å². The molecule has 17 heavy (non-hydrogen) atoms. The van der Waals surface area contributed by atoms with Crippen LogP contribution in [0.2, 0.25) is 0 Å². The van der Waals surface area contributed by atoms with E-state index in [2.05, 4.69) is 31.7 Å². The van der Waals surface area contributed by atoms with Crippen molar-refractivity contribution < 1.29 is 4.74 Å². The second-order valence-electron chi connectivity index (χ2n) is 3.83. The van der Waals surface area contributed by atoms with Gasteiger partial charge in [-0.3, -0.25) is 5.43 Å². The van der Waals surface area contributed by atoms with Gasteiger partial charge in [-0.2, -0.15) is 0 Å². The first kappa shape index (κ1) is 12.2. The number of benzene rings is 1. The first-order valence-electron chi connectivity index (χ1n) is 5.38. The Hall–Kier alpha value is -1.27. The monoisotopic (exact) mass is 298 g/mol. The summed E-state index contributed by atoms with van der Waals surface area (Å²) < 4.78 is 6.04. The number of anilines is 1. The van der Waals surface area contributed by atoms with E-state index in [0.29, 0.717) is 12.0 Å². The SMILES string of the molecule is COc1ccc(NC(=NC2CC2)NN)cc1Br. The van der Waals surface area contributed by atoms with Gasteiger partial charge in [-0.15, -0.1) is 0 Å². The maximum absolute atomic E-state index is 5.41. The molecule has 5 nitrogen and oxygen atoms in total. The average molecular weight is 299 g/mol. The molecule has 0 saturated heterocycles. The molecule has 0 amide bonds. The summed E-state index contributed by atoms with van der Waals surface area (Å²) in [5.41, 5.74) is 3.46. The molecule has 0 aliphatic heterocycles. The Morgan fingerprint density at radius 3 is 2.82 bits per heavy atom. The van der Waals surface area contributed by atoms with Crippen LogP contribution in [0.4, 0.5) is 5.69 Å². The van der Waals surface area contributed by atoms with E-state index in [1.54, 1.807) is 7.11 Å². The van der Waals surface area contributed by atoms with Crippen molar-refractivity contribution in [1.29, 1.82) is 0 Å². The average Bonchev–Trinajstić information content (AvgIpc) is 3.12. The summed E-state index contributed by atoms with van der Waals surface area (Å²) >= 11 is 3.43. The van der Waals surface area contributed by atoms with Gasteiger partial charge in [-0.1, -0.05) is 0 Å². The van der Waals surface area contributed by atoms with Crippen LogP contribution in [0.15, 0.2) is 27.7 Å². The zero-order chi connectivity index (χ0) is 12.3. The van der Waals surface area contributed by atoms with Gasteiger partial charge < -0.3 is 10.1 Å². The molecule has 4 N–H and O–H groups in total. The maximum atomic E-state index is 5.41. The molecule has 1 fully saturated rings. The van der Waals surface area contributed by atoms with Crippen molar-refractivity contribution in [3.63, 3.8) is 0 Å². The minimum Gasteiger partial charge on any atom is -0.496 e. The number of hydrazine groups is 1. The van der Waals surface area contributed by atoms with Crippen molar-refractivity contribution in [2.45, 2.75) is 18.9 Å². The van der Waals surface area contributed by atoms with Gasteiger partial charge in [0.2, 0.25) is 5.96 Å². The number of ether oxygens (including phenoxy) is 1. The molecule has 0 unspecified atom stereocenters. The molecule has 2 rings (SSSR count). The number of nitrogens with two attached hydrogens (primary N) is 1. The van der Waals surface area contributed by atoms with Crippen molar-refractivity contribution in [3.8, 4) is 5.75 Å². The lowest BCUT2D eigenvalue weighted by Crippen LogP contribution is -2.36. The number of aliphatic imine (C=N–C) groups is 1. The highest BCUT2D eigenvalue weighted by Crippen LogP contribution is 2.28. The number of guanidine groups is 1. The molecule has 0 heterocycles. The van der Waals surface area contributed by atoms with E-state index < -0.39 is 0 Å². The fourth-order valence-electron chi connectivity index (χ4n) is 1.37. The Morgan fingerprint density at radius 1 is 1.53 bits per heavy atom. The van der Waals surface area contributed by atoms with Gasteiger partial charge in [0.1, 0.15) is 5.75 Å². The quantitative estimate of drug-likeness (QED) is 0.345. The zero-order valence-electron chi connectivity index (χ0n) is 9.53. The number of halogens is 1. The summed E-state index contributed by atoms with van der Waals surface area (Å²) in [6.45, 7) is 0. The fourth-order valence-corrected chi connectivity index (χ4v) is 1.91. The molecule has 92 valence electrons. The van der Waals surface area contributed by atoms with Gasteiger partial charge in [0.15, 0.2) is 0 Å². The van der Waals surface area contributed by atoms with E-state index in [0.717, 1.165) is 28.8 Å². The van der Waals surface area contributed by atoms with E-state index >= 15 is 0 Å². The van der Waals surface area contributed by atoms with Gasteiger partial charge in [-0.25, -0.2) is 10.8 Å². The summed E-state index contributed by atoms with van der Waals surface area (Å²) in [6, 6.07) is 6.11. The van der Waals surface area contributed by atoms with Crippen LogP contribution in [0.1, 0.15) is 12.8 Å². The van der Waals surface area contributed by atoms with Gasteiger partial charge in [0.25, 0.3) is 0 Å². The van der Waals surface area contributed by atoms with Crippen LogP contribution in [-0.2, 0) is 0 Å². The topological polar surface area (TPSA) is 71.7 Å². The van der Waals surface area contributed by atoms with Crippen molar-refractivity contribution in [2.75, 3.05) is 12.4 Å². The summed E-state index contributed by atoms with van der Waals surface area (Å²) in [5, 5.41) is 3.12. The van der Waals surface area contributed by atoms with E-state index in [9.17, 15) is 0 Å². The summed E-state index contributed by atoms with van der Waals surface area (Å²) in [6.07, 6.45) is 2.28. The molecular formula is C11H15BrN4O. The van der Waals surface area contributed by atoms with Crippen LogP contribution in [0, 0.1) is 0 Å². The fraction of sp³-hybridized carbons (Fsp3) is 0.364. The van der Waals surface area contributed by atoms with Crippen molar-refractivity contribution in [1.82, 2.24) is 5.43 Å². The van der Waals surface area contributed by atoms with Crippen molar-refractivity contribution in [2.24, 2.45) is 10.8 Å². The predicted molar refractivity (Wildman–Crippen MR) is 72.1 cm³/mol. The number of hydrogen-bond acceptors (Lipinski definition) is 3. The van der Waals surface area contributed by atoms with Crippen LogP contribution in [0.5, 0.6) is 5.75 Å². The lowest BCUT2D eigenvalue weighted by atomic mass is 10.3. The number of rotatable bonds is 3. The van der Waals surface area contributed by atoms with Gasteiger partial charge >= 0.3 is 0 Å². The molecule has 0 bridgehead atoms. The maximum Gasteiger partial charge on any atom is 0.210 e. The molecule has 0 radical (unpaired) electrons. The molecule has 1 aliphatic carbocycles. The Labute approximate surface area is 109 Å². The highest BCUT2D eigenvalue weighted by molar-refractivity contribution is 9.10. The zero-order valence-corrected chi connectivity index (χ0v) is 11.1. The van der Waals surface area contributed by atoms with Crippen LogP contribution in [0.3, 0.4) is 0 Å². The van der Waals surface area contributed by atoms with E-state index in [-0.39, 0.29) is 0 Å². The number of methoxy groups -OCH3 is 1. The predicted octanol–water partition coefficient (Wildman–Crippen LogP) is 1.85. The Bertz CT molecular complexity index is 431. The Kier molecular flexibility index (Phi) is 3.86. The Morgan fingerprint density at radius 2 is 2.29 bits per heavy atom. The largest absolute Gasteiger partial charge is 0.496 e. The van der Waals surface area contributed by atoms with Crippen LogP contribution >= 0.6 is 15.9 Å². The van der Waals surface area contributed by atoms with Crippen LogP contribution in [0.25, 0.3) is 0 Å². The Balaban J connectivity index is 2.09. The summed E-state index contributed by atoms with van der Waals surface area (Å²) in [4.78, 5) is 4.40. The third kappa shape index (κ3) is 3.34. The van der Waals surface area contributed by atoms with Gasteiger partial charge in [0.05, 0.1) is 17.6 Å². The van der Waals surface area contributed by atoms with E-state index in [1.807, 2.05) is 18.2 Å². The molecule has 1 saturated carbocycles. The van der Waals surface area contributed by atoms with Gasteiger partial charge in [0, 0.05) is 5.69 Å². The molecule has 1 aromatic carbocycles. The molecule has 1 aliphatic rings. The number of nitrogens with zero attached hydrogens (tertiary/aromatic N) is 1. The highest BCUT2D eigenvalue weighted by Gasteiger charge is 2.21. The molecule has 0 atom stereocenters. The first-order chi connectivity index (χ1) is 8.22. The van der Waals surface area contributed by atoms with Crippen molar-refractivity contribution in [3.05, 3.63) is 22.7 Å².